The van der Waals surface area contributed by atoms with Crippen LogP contribution in [0.15, 0.2) is 36.4 Å². The van der Waals surface area contributed by atoms with Gasteiger partial charge in [0.2, 0.25) is 0 Å². The summed E-state index contributed by atoms with van der Waals surface area (Å²) in [4.78, 5) is 22.1. The summed E-state index contributed by atoms with van der Waals surface area (Å²) in [6.45, 7) is 1.17. The Morgan fingerprint density at radius 2 is 1.78 bits per heavy atom. The highest BCUT2D eigenvalue weighted by Crippen LogP contribution is 2.22. The highest BCUT2D eigenvalue weighted by molar-refractivity contribution is 5.91. The maximum Gasteiger partial charge on any atom is 0.317 e. The molecule has 0 unspecified atom stereocenters. The number of hydrogen-bond acceptors (Lipinski definition) is 3. The summed E-state index contributed by atoms with van der Waals surface area (Å²) in [7, 11) is 0. The Kier molecular flexibility index (Phi) is 3.37. The molecule has 4 heteroatoms. The highest BCUT2D eigenvalue weighted by Gasteiger charge is 2.11. The van der Waals surface area contributed by atoms with Gasteiger partial charge in [-0.05, 0) is 17.0 Å². The number of fused-ring (bicyclic) bond motifs is 1. The van der Waals surface area contributed by atoms with Crippen molar-refractivity contribution in [3.63, 3.8) is 0 Å². The number of hydrogen-bond donors (Lipinski definition) is 0. The van der Waals surface area contributed by atoms with Gasteiger partial charge in [0.1, 0.15) is 5.82 Å². The summed E-state index contributed by atoms with van der Waals surface area (Å²) in [6.07, 6.45) is -0.0552. The van der Waals surface area contributed by atoms with Crippen molar-refractivity contribution < 1.29 is 18.7 Å². The molecule has 0 N–H and O–H groups in total. The normalized spacial score (nSPS) is 10.3. The standard InChI is InChI=1S/C14H11FO3/c1-9(16)18-14(17)8-10-6-7-13(15)12-5-3-2-4-11(10)12/h2-7H,8H2,1H3. The summed E-state index contributed by atoms with van der Waals surface area (Å²) < 4.78 is 18.0. The van der Waals surface area contributed by atoms with E-state index in [4.69, 9.17) is 0 Å². The monoisotopic (exact) mass is 246 g/mol. The fourth-order valence-corrected chi connectivity index (χ4v) is 1.83. The second kappa shape index (κ2) is 4.96. The van der Waals surface area contributed by atoms with E-state index in [1.165, 1.54) is 19.1 Å². The van der Waals surface area contributed by atoms with Gasteiger partial charge < -0.3 is 4.74 Å². The maximum absolute atomic E-state index is 13.5. The lowest BCUT2D eigenvalue weighted by Gasteiger charge is -2.06. The van der Waals surface area contributed by atoms with Crippen molar-refractivity contribution in [1.82, 2.24) is 0 Å². The Labute approximate surface area is 103 Å². The number of rotatable bonds is 2. The molecule has 0 saturated carbocycles. The van der Waals surface area contributed by atoms with Crippen molar-refractivity contribution in [2.45, 2.75) is 13.3 Å². The Balaban J connectivity index is 2.37. The molecular weight excluding hydrogens is 235 g/mol. The lowest BCUT2D eigenvalue weighted by molar-refractivity contribution is -0.157. The zero-order valence-electron chi connectivity index (χ0n) is 9.77. The van der Waals surface area contributed by atoms with Gasteiger partial charge >= 0.3 is 11.9 Å². The molecule has 0 aliphatic heterocycles. The first kappa shape index (κ1) is 12.2. The number of benzene rings is 2. The zero-order valence-corrected chi connectivity index (χ0v) is 9.77. The fourth-order valence-electron chi connectivity index (χ4n) is 1.83. The molecule has 0 saturated heterocycles. The van der Waals surface area contributed by atoms with Gasteiger partial charge in [-0.15, -0.1) is 0 Å². The van der Waals surface area contributed by atoms with Crippen LogP contribution in [0, 0.1) is 5.82 Å². The van der Waals surface area contributed by atoms with Gasteiger partial charge in [-0.1, -0.05) is 30.3 Å². The van der Waals surface area contributed by atoms with E-state index in [9.17, 15) is 14.0 Å². The van der Waals surface area contributed by atoms with Crippen LogP contribution in [0.3, 0.4) is 0 Å². The summed E-state index contributed by atoms with van der Waals surface area (Å²) in [5.74, 6) is -1.63. The quantitative estimate of drug-likeness (QED) is 0.604. The first-order valence-corrected chi connectivity index (χ1v) is 5.45. The van der Waals surface area contributed by atoms with Gasteiger partial charge in [0.05, 0.1) is 6.42 Å². The van der Waals surface area contributed by atoms with Crippen LogP contribution >= 0.6 is 0 Å². The molecule has 0 amide bonds. The average Bonchev–Trinajstić information content (AvgIpc) is 2.32. The first-order chi connectivity index (χ1) is 8.58. The van der Waals surface area contributed by atoms with Crippen LogP contribution in [-0.4, -0.2) is 11.9 Å². The highest BCUT2D eigenvalue weighted by atomic mass is 19.1. The van der Waals surface area contributed by atoms with E-state index < -0.39 is 11.9 Å². The third-order valence-electron chi connectivity index (χ3n) is 2.55. The maximum atomic E-state index is 13.5. The molecule has 0 atom stereocenters. The topological polar surface area (TPSA) is 43.4 Å². The van der Waals surface area contributed by atoms with E-state index >= 15 is 0 Å². The first-order valence-electron chi connectivity index (χ1n) is 5.45. The molecule has 0 radical (unpaired) electrons. The minimum atomic E-state index is -0.647. The van der Waals surface area contributed by atoms with Crippen molar-refractivity contribution >= 4 is 22.7 Å². The number of halogens is 1. The van der Waals surface area contributed by atoms with Gasteiger partial charge in [-0.25, -0.2) is 4.39 Å². The number of carbonyl (C=O) groups is 2. The zero-order chi connectivity index (χ0) is 13.1. The van der Waals surface area contributed by atoms with E-state index in [1.54, 1.807) is 24.3 Å². The Hall–Kier alpha value is -2.23. The molecule has 0 bridgehead atoms. The van der Waals surface area contributed by atoms with Gasteiger partial charge in [0.25, 0.3) is 0 Å². The van der Waals surface area contributed by atoms with Crippen molar-refractivity contribution in [3.8, 4) is 0 Å². The number of esters is 2. The van der Waals surface area contributed by atoms with E-state index in [0.29, 0.717) is 16.3 Å². The van der Waals surface area contributed by atoms with Crippen LogP contribution < -0.4 is 0 Å². The van der Waals surface area contributed by atoms with E-state index in [2.05, 4.69) is 4.74 Å². The molecule has 0 aromatic heterocycles. The second-order valence-electron chi connectivity index (χ2n) is 3.89. The van der Waals surface area contributed by atoms with E-state index in [-0.39, 0.29) is 12.2 Å². The van der Waals surface area contributed by atoms with E-state index in [0.717, 1.165) is 0 Å². The molecular formula is C14H11FO3. The summed E-state index contributed by atoms with van der Waals surface area (Å²) in [5, 5.41) is 1.10. The lowest BCUT2D eigenvalue weighted by atomic mass is 10.0. The Morgan fingerprint density at radius 3 is 2.44 bits per heavy atom. The van der Waals surface area contributed by atoms with Crippen molar-refractivity contribution in [2.75, 3.05) is 0 Å². The second-order valence-corrected chi connectivity index (χ2v) is 3.89. The Morgan fingerprint density at radius 1 is 1.11 bits per heavy atom. The summed E-state index contributed by atoms with van der Waals surface area (Å²) >= 11 is 0. The molecule has 0 fully saturated rings. The third-order valence-corrected chi connectivity index (χ3v) is 2.55. The molecule has 92 valence electrons. The molecule has 3 nitrogen and oxygen atoms in total. The summed E-state index contributed by atoms with van der Waals surface area (Å²) in [6, 6.07) is 9.70. The minimum Gasteiger partial charge on any atom is -0.393 e. The fraction of sp³-hybridized carbons (Fsp3) is 0.143. The molecule has 0 spiro atoms. The SMILES string of the molecule is CC(=O)OC(=O)Cc1ccc(F)c2ccccc12. The van der Waals surface area contributed by atoms with Crippen molar-refractivity contribution in [2.24, 2.45) is 0 Å². The molecule has 2 aromatic rings. The van der Waals surface area contributed by atoms with Crippen LogP contribution in [0.25, 0.3) is 10.8 Å². The van der Waals surface area contributed by atoms with Gasteiger partial charge in [0, 0.05) is 12.3 Å². The van der Waals surface area contributed by atoms with Crippen LogP contribution in [0.2, 0.25) is 0 Å². The van der Waals surface area contributed by atoms with Crippen LogP contribution in [0.4, 0.5) is 4.39 Å². The van der Waals surface area contributed by atoms with E-state index in [1.807, 2.05) is 0 Å². The Bertz CT molecular complexity index is 619. The average molecular weight is 246 g/mol. The van der Waals surface area contributed by atoms with Gasteiger partial charge in [-0.3, -0.25) is 9.59 Å². The molecule has 2 aromatic carbocycles. The number of ether oxygens (including phenoxy) is 1. The molecule has 0 aliphatic rings. The van der Waals surface area contributed by atoms with Crippen LogP contribution in [0.5, 0.6) is 0 Å². The largest absolute Gasteiger partial charge is 0.393 e. The van der Waals surface area contributed by atoms with Crippen molar-refractivity contribution in [1.29, 1.82) is 0 Å². The van der Waals surface area contributed by atoms with Crippen LogP contribution in [0.1, 0.15) is 12.5 Å². The summed E-state index contributed by atoms with van der Waals surface area (Å²) in [5.41, 5.74) is 0.637. The third kappa shape index (κ3) is 2.53. The van der Waals surface area contributed by atoms with Crippen LogP contribution in [-0.2, 0) is 20.7 Å². The van der Waals surface area contributed by atoms with Gasteiger partial charge in [0.15, 0.2) is 0 Å². The number of carbonyl (C=O) groups excluding carboxylic acids is 2. The lowest BCUT2D eigenvalue weighted by Crippen LogP contribution is -2.11. The minimum absolute atomic E-state index is 0.0552. The molecule has 0 heterocycles. The predicted octanol–water partition coefficient (Wildman–Crippen LogP) is 2.61. The van der Waals surface area contributed by atoms with Crippen molar-refractivity contribution in [3.05, 3.63) is 47.8 Å². The smallest absolute Gasteiger partial charge is 0.317 e. The predicted molar refractivity (Wildman–Crippen MR) is 64.4 cm³/mol. The van der Waals surface area contributed by atoms with Gasteiger partial charge in [-0.2, -0.15) is 0 Å². The molecule has 0 aliphatic carbocycles. The molecule has 2 rings (SSSR count). The molecule has 18 heavy (non-hydrogen) atoms.